The van der Waals surface area contributed by atoms with Crippen LogP contribution in [0.5, 0.6) is 5.75 Å². The van der Waals surface area contributed by atoms with E-state index in [2.05, 4.69) is 26.2 Å². The Hall–Kier alpha value is -0.680. The van der Waals surface area contributed by atoms with Crippen molar-refractivity contribution in [2.45, 2.75) is 0 Å². The number of benzene rings is 1. The SMILES string of the molecule is COc1ccc(Br)cc1NC1=NCCS1. The molecule has 0 fully saturated rings. The molecule has 5 heteroatoms. The van der Waals surface area contributed by atoms with Gasteiger partial charge in [-0.15, -0.1) is 0 Å². The van der Waals surface area contributed by atoms with Gasteiger partial charge in [-0.05, 0) is 18.2 Å². The lowest BCUT2D eigenvalue weighted by Gasteiger charge is -2.10. The average Bonchev–Trinajstić information content (AvgIpc) is 2.71. The van der Waals surface area contributed by atoms with Crippen molar-refractivity contribution >= 4 is 38.5 Å². The third-order valence-corrected chi connectivity index (χ3v) is 3.37. The highest BCUT2D eigenvalue weighted by Crippen LogP contribution is 2.29. The van der Waals surface area contributed by atoms with Crippen LogP contribution in [0.25, 0.3) is 0 Å². The highest BCUT2D eigenvalue weighted by atomic mass is 79.9. The Labute approximate surface area is 101 Å². The quantitative estimate of drug-likeness (QED) is 0.908. The van der Waals surface area contributed by atoms with Crippen molar-refractivity contribution in [3.05, 3.63) is 22.7 Å². The Kier molecular flexibility index (Phi) is 3.53. The summed E-state index contributed by atoms with van der Waals surface area (Å²) in [5.41, 5.74) is 0.944. The van der Waals surface area contributed by atoms with Crippen LogP contribution in [-0.2, 0) is 0 Å². The fraction of sp³-hybridized carbons (Fsp3) is 0.300. The maximum Gasteiger partial charge on any atom is 0.161 e. The van der Waals surface area contributed by atoms with E-state index in [-0.39, 0.29) is 0 Å². The van der Waals surface area contributed by atoms with Crippen LogP contribution in [0.4, 0.5) is 5.69 Å². The molecule has 0 radical (unpaired) electrons. The second kappa shape index (κ2) is 4.90. The minimum absolute atomic E-state index is 0.827. The summed E-state index contributed by atoms with van der Waals surface area (Å²) in [4.78, 5) is 4.33. The van der Waals surface area contributed by atoms with Crippen molar-refractivity contribution in [3.63, 3.8) is 0 Å². The zero-order valence-corrected chi connectivity index (χ0v) is 10.7. The minimum atomic E-state index is 0.827. The number of methoxy groups -OCH3 is 1. The molecular formula is C10H11BrN2OS. The maximum atomic E-state index is 5.26. The Balaban J connectivity index is 2.21. The summed E-state index contributed by atoms with van der Waals surface area (Å²) in [5.74, 6) is 1.88. The first-order valence-electron chi connectivity index (χ1n) is 4.57. The zero-order valence-electron chi connectivity index (χ0n) is 8.29. The number of rotatable bonds is 2. The largest absolute Gasteiger partial charge is 0.495 e. The number of amidine groups is 1. The van der Waals surface area contributed by atoms with E-state index >= 15 is 0 Å². The zero-order chi connectivity index (χ0) is 10.7. The second-order valence-corrected chi connectivity index (χ2v) is 5.00. The van der Waals surface area contributed by atoms with Crippen molar-refractivity contribution in [1.82, 2.24) is 0 Å². The molecule has 1 aromatic rings. The van der Waals surface area contributed by atoms with Gasteiger partial charge in [-0.3, -0.25) is 4.99 Å². The van der Waals surface area contributed by atoms with Crippen LogP contribution in [0.3, 0.4) is 0 Å². The summed E-state index contributed by atoms with van der Waals surface area (Å²) in [6.07, 6.45) is 0. The van der Waals surface area contributed by atoms with Crippen molar-refractivity contribution in [2.75, 3.05) is 24.7 Å². The van der Waals surface area contributed by atoms with Crippen LogP contribution in [0, 0.1) is 0 Å². The summed E-state index contributed by atoms with van der Waals surface area (Å²) in [5, 5.41) is 4.22. The topological polar surface area (TPSA) is 33.6 Å². The third kappa shape index (κ3) is 2.66. The fourth-order valence-corrected chi connectivity index (χ4v) is 2.41. The minimum Gasteiger partial charge on any atom is -0.495 e. The molecule has 0 saturated carbocycles. The van der Waals surface area contributed by atoms with Crippen LogP contribution >= 0.6 is 27.7 Å². The van der Waals surface area contributed by atoms with E-state index in [4.69, 9.17) is 4.74 Å². The van der Waals surface area contributed by atoms with Crippen LogP contribution < -0.4 is 10.1 Å². The molecule has 0 atom stereocenters. The number of hydrogen-bond donors (Lipinski definition) is 1. The molecule has 0 amide bonds. The van der Waals surface area contributed by atoms with E-state index in [0.717, 1.165) is 33.4 Å². The lowest BCUT2D eigenvalue weighted by Crippen LogP contribution is -2.06. The van der Waals surface area contributed by atoms with Crippen molar-refractivity contribution in [1.29, 1.82) is 0 Å². The predicted molar refractivity (Wildman–Crippen MR) is 69.1 cm³/mol. The molecule has 2 rings (SSSR count). The van der Waals surface area contributed by atoms with Gasteiger partial charge in [0.1, 0.15) is 5.75 Å². The Bertz CT molecular complexity index is 395. The Morgan fingerprint density at radius 2 is 2.40 bits per heavy atom. The molecule has 80 valence electrons. The van der Waals surface area contributed by atoms with E-state index < -0.39 is 0 Å². The molecule has 1 aromatic carbocycles. The molecule has 0 aliphatic carbocycles. The lowest BCUT2D eigenvalue weighted by molar-refractivity contribution is 0.417. The number of aliphatic imine (C=N–C) groups is 1. The summed E-state index contributed by atoms with van der Waals surface area (Å²) >= 11 is 5.16. The number of nitrogens with zero attached hydrogens (tertiary/aromatic N) is 1. The van der Waals surface area contributed by atoms with Gasteiger partial charge in [0.05, 0.1) is 19.3 Å². The van der Waals surface area contributed by atoms with Gasteiger partial charge in [0.25, 0.3) is 0 Å². The van der Waals surface area contributed by atoms with E-state index in [1.807, 2.05) is 18.2 Å². The van der Waals surface area contributed by atoms with E-state index in [9.17, 15) is 0 Å². The number of nitrogens with one attached hydrogen (secondary N) is 1. The molecule has 0 aromatic heterocycles. The third-order valence-electron chi connectivity index (χ3n) is 1.99. The number of halogens is 1. The number of hydrogen-bond acceptors (Lipinski definition) is 4. The number of anilines is 1. The molecule has 1 aliphatic rings. The molecule has 0 saturated heterocycles. The first-order valence-corrected chi connectivity index (χ1v) is 6.35. The molecule has 1 N–H and O–H groups in total. The van der Waals surface area contributed by atoms with Gasteiger partial charge in [-0.25, -0.2) is 0 Å². The van der Waals surface area contributed by atoms with Gasteiger partial charge in [-0.1, -0.05) is 27.7 Å². The Morgan fingerprint density at radius 3 is 3.07 bits per heavy atom. The van der Waals surface area contributed by atoms with Crippen LogP contribution in [0.2, 0.25) is 0 Å². The maximum absolute atomic E-state index is 5.26. The standard InChI is InChI=1S/C10H11BrN2OS/c1-14-9-3-2-7(11)6-8(9)13-10-12-4-5-15-10/h2-3,6H,4-5H2,1H3,(H,12,13). The molecule has 0 unspecified atom stereocenters. The van der Waals surface area contributed by atoms with Crippen LogP contribution in [0.15, 0.2) is 27.7 Å². The summed E-state index contributed by atoms with van der Waals surface area (Å²) in [6.45, 7) is 0.892. The smallest absolute Gasteiger partial charge is 0.161 e. The highest BCUT2D eigenvalue weighted by Gasteiger charge is 2.10. The average molecular weight is 287 g/mol. The van der Waals surface area contributed by atoms with E-state index in [1.165, 1.54) is 0 Å². The van der Waals surface area contributed by atoms with Gasteiger partial charge >= 0.3 is 0 Å². The lowest BCUT2D eigenvalue weighted by atomic mass is 10.3. The molecule has 3 nitrogen and oxygen atoms in total. The first-order chi connectivity index (χ1) is 7.29. The highest BCUT2D eigenvalue weighted by molar-refractivity contribution is 9.10. The summed E-state index contributed by atoms with van der Waals surface area (Å²) < 4.78 is 6.29. The van der Waals surface area contributed by atoms with Crippen molar-refractivity contribution < 1.29 is 4.74 Å². The van der Waals surface area contributed by atoms with Crippen LogP contribution in [0.1, 0.15) is 0 Å². The predicted octanol–water partition coefficient (Wildman–Crippen LogP) is 2.97. The number of ether oxygens (including phenoxy) is 1. The van der Waals surface area contributed by atoms with Gasteiger partial charge < -0.3 is 10.1 Å². The monoisotopic (exact) mass is 286 g/mol. The van der Waals surface area contributed by atoms with Crippen molar-refractivity contribution in [3.8, 4) is 5.75 Å². The fourth-order valence-electron chi connectivity index (χ4n) is 1.30. The van der Waals surface area contributed by atoms with E-state index in [0.29, 0.717) is 0 Å². The Morgan fingerprint density at radius 1 is 1.53 bits per heavy atom. The molecule has 0 spiro atoms. The van der Waals surface area contributed by atoms with Crippen molar-refractivity contribution in [2.24, 2.45) is 4.99 Å². The summed E-state index contributed by atoms with van der Waals surface area (Å²) in [6, 6.07) is 5.86. The van der Waals surface area contributed by atoms with E-state index in [1.54, 1.807) is 18.9 Å². The molecule has 1 heterocycles. The van der Waals surface area contributed by atoms with Gasteiger partial charge in [0, 0.05) is 10.2 Å². The second-order valence-electron chi connectivity index (χ2n) is 3.00. The normalized spacial score (nSPS) is 14.9. The molecule has 1 aliphatic heterocycles. The molecular weight excluding hydrogens is 276 g/mol. The first kappa shape index (κ1) is 10.8. The molecule has 0 bridgehead atoms. The van der Waals surface area contributed by atoms with Gasteiger partial charge in [0.2, 0.25) is 0 Å². The number of thioether (sulfide) groups is 1. The summed E-state index contributed by atoms with van der Waals surface area (Å²) in [7, 11) is 1.66. The molecule has 15 heavy (non-hydrogen) atoms. The van der Waals surface area contributed by atoms with Gasteiger partial charge in [0.15, 0.2) is 5.17 Å². The van der Waals surface area contributed by atoms with Crippen LogP contribution in [-0.4, -0.2) is 24.6 Å². The van der Waals surface area contributed by atoms with Gasteiger partial charge in [-0.2, -0.15) is 0 Å².